The summed E-state index contributed by atoms with van der Waals surface area (Å²) in [6.45, 7) is 0. The van der Waals surface area contributed by atoms with Crippen LogP contribution in [0.5, 0.6) is 0 Å². The number of hydrogen-bond acceptors (Lipinski definition) is 4. The van der Waals surface area contributed by atoms with E-state index in [9.17, 15) is 9.59 Å². The van der Waals surface area contributed by atoms with E-state index in [-0.39, 0.29) is 19.0 Å². The third-order valence-corrected chi connectivity index (χ3v) is 1.22. The summed E-state index contributed by atoms with van der Waals surface area (Å²) < 4.78 is 0. The molecule has 6 nitrogen and oxygen atoms in total. The highest BCUT2D eigenvalue weighted by Gasteiger charge is 2.10. The Kier molecular flexibility index (Phi) is 7.36. The zero-order valence-corrected chi connectivity index (χ0v) is 6.69. The van der Waals surface area contributed by atoms with Crippen LogP contribution in [0.15, 0.2) is 0 Å². The van der Waals surface area contributed by atoms with Gasteiger partial charge in [0.2, 0.25) is 0 Å². The van der Waals surface area contributed by atoms with Crippen LogP contribution in [0.3, 0.4) is 0 Å². The maximum absolute atomic E-state index is 10.1. The molecule has 1 atom stereocenters. The van der Waals surface area contributed by atoms with Crippen LogP contribution in [0.4, 0.5) is 0 Å². The first-order chi connectivity index (χ1) is 5.04. The zero-order chi connectivity index (χ0) is 8.85. The summed E-state index contributed by atoms with van der Waals surface area (Å²) in [6, 6.07) is -0.936. The second kappa shape index (κ2) is 6.56. The standard InChI is InChI=1S/C6H11NO4.H3N/c7-4(6(10)11)2-1-3-5(8)9;/h4H,1-3,7H2,(H,8,9)(H,10,11);1H3. The monoisotopic (exact) mass is 178 g/mol. The van der Waals surface area contributed by atoms with Crippen molar-refractivity contribution in [2.45, 2.75) is 25.3 Å². The number of nitrogens with two attached hydrogens (primary N) is 1. The van der Waals surface area contributed by atoms with Gasteiger partial charge in [-0.05, 0) is 12.8 Å². The minimum absolute atomic E-state index is 0. The van der Waals surface area contributed by atoms with Gasteiger partial charge in [0, 0.05) is 6.42 Å². The predicted molar refractivity (Wildman–Crippen MR) is 42.1 cm³/mol. The van der Waals surface area contributed by atoms with E-state index in [0.717, 1.165) is 0 Å². The average Bonchev–Trinajstić information content (AvgIpc) is 1.86. The lowest BCUT2D eigenvalue weighted by Crippen LogP contribution is -2.29. The molecule has 72 valence electrons. The molecule has 0 aliphatic carbocycles. The van der Waals surface area contributed by atoms with Crippen molar-refractivity contribution in [2.75, 3.05) is 0 Å². The first-order valence-corrected chi connectivity index (χ1v) is 3.24. The van der Waals surface area contributed by atoms with E-state index in [1.165, 1.54) is 0 Å². The molecule has 6 heteroatoms. The molecule has 0 aromatic carbocycles. The normalized spacial score (nSPS) is 11.4. The number of aliphatic carboxylic acids is 2. The molecule has 0 spiro atoms. The van der Waals surface area contributed by atoms with Crippen molar-refractivity contribution in [3.05, 3.63) is 0 Å². The van der Waals surface area contributed by atoms with Crippen LogP contribution >= 0.6 is 0 Å². The highest BCUT2D eigenvalue weighted by molar-refractivity contribution is 5.73. The van der Waals surface area contributed by atoms with Gasteiger partial charge in [-0.15, -0.1) is 0 Å². The molecule has 0 fully saturated rings. The SMILES string of the molecule is N.NC(CCCC(=O)O)C(=O)O. The molecule has 0 radical (unpaired) electrons. The predicted octanol–water partition coefficient (Wildman–Crippen LogP) is -0.185. The fourth-order valence-electron chi connectivity index (χ4n) is 0.597. The smallest absolute Gasteiger partial charge is 0.320 e. The van der Waals surface area contributed by atoms with Crippen LogP contribution < -0.4 is 11.9 Å². The maximum Gasteiger partial charge on any atom is 0.320 e. The fourth-order valence-corrected chi connectivity index (χ4v) is 0.597. The molecule has 0 bridgehead atoms. The number of carboxylic acids is 2. The Bertz CT molecular complexity index is 160. The largest absolute Gasteiger partial charge is 0.481 e. The molecule has 0 amide bonds. The van der Waals surface area contributed by atoms with Gasteiger partial charge < -0.3 is 22.1 Å². The molecule has 0 rings (SSSR count). The van der Waals surface area contributed by atoms with E-state index in [0.29, 0.717) is 6.42 Å². The number of carbonyl (C=O) groups is 2. The quantitative estimate of drug-likeness (QED) is 0.460. The first kappa shape index (κ1) is 13.4. The molecular formula is C6H14N2O4. The van der Waals surface area contributed by atoms with Crippen LogP contribution in [0.25, 0.3) is 0 Å². The van der Waals surface area contributed by atoms with E-state index < -0.39 is 18.0 Å². The Morgan fingerprint density at radius 3 is 2.17 bits per heavy atom. The Hall–Kier alpha value is -1.14. The van der Waals surface area contributed by atoms with E-state index in [2.05, 4.69) is 0 Å². The summed E-state index contributed by atoms with van der Waals surface area (Å²) in [5.74, 6) is -2.02. The molecule has 0 heterocycles. The summed E-state index contributed by atoms with van der Waals surface area (Å²) in [7, 11) is 0. The zero-order valence-electron chi connectivity index (χ0n) is 6.69. The van der Waals surface area contributed by atoms with Crippen molar-refractivity contribution in [1.29, 1.82) is 0 Å². The lowest BCUT2D eigenvalue weighted by atomic mass is 10.1. The van der Waals surface area contributed by atoms with Crippen LogP contribution in [-0.4, -0.2) is 28.2 Å². The second-order valence-corrected chi connectivity index (χ2v) is 2.23. The lowest BCUT2D eigenvalue weighted by Gasteiger charge is -2.02. The van der Waals surface area contributed by atoms with Crippen LogP contribution in [0.2, 0.25) is 0 Å². The van der Waals surface area contributed by atoms with Gasteiger partial charge in [-0.25, -0.2) is 0 Å². The molecule has 1 unspecified atom stereocenters. The molecule has 0 saturated heterocycles. The highest BCUT2D eigenvalue weighted by Crippen LogP contribution is 1.98. The van der Waals surface area contributed by atoms with Crippen molar-refractivity contribution in [2.24, 2.45) is 5.73 Å². The topological polar surface area (TPSA) is 136 Å². The van der Waals surface area contributed by atoms with Crippen molar-refractivity contribution in [3.63, 3.8) is 0 Å². The van der Waals surface area contributed by atoms with Crippen molar-refractivity contribution in [3.8, 4) is 0 Å². The summed E-state index contributed by atoms with van der Waals surface area (Å²) >= 11 is 0. The van der Waals surface area contributed by atoms with E-state index in [4.69, 9.17) is 15.9 Å². The van der Waals surface area contributed by atoms with Gasteiger partial charge in [-0.1, -0.05) is 0 Å². The van der Waals surface area contributed by atoms with Crippen molar-refractivity contribution in [1.82, 2.24) is 6.15 Å². The Balaban J connectivity index is 0. The van der Waals surface area contributed by atoms with E-state index in [1.807, 2.05) is 0 Å². The summed E-state index contributed by atoms with van der Waals surface area (Å²) in [4.78, 5) is 20.1. The number of rotatable bonds is 5. The van der Waals surface area contributed by atoms with Gasteiger partial charge in [0.05, 0.1) is 0 Å². The average molecular weight is 178 g/mol. The molecule has 0 saturated carbocycles. The van der Waals surface area contributed by atoms with Gasteiger partial charge >= 0.3 is 11.9 Å². The number of hydrogen-bond donors (Lipinski definition) is 4. The molecule has 12 heavy (non-hydrogen) atoms. The van der Waals surface area contributed by atoms with E-state index in [1.54, 1.807) is 0 Å². The van der Waals surface area contributed by atoms with Gasteiger partial charge in [-0.3, -0.25) is 9.59 Å². The Morgan fingerprint density at radius 1 is 1.33 bits per heavy atom. The molecular weight excluding hydrogens is 164 g/mol. The van der Waals surface area contributed by atoms with Crippen molar-refractivity contribution >= 4 is 11.9 Å². The summed E-state index contributed by atoms with van der Waals surface area (Å²) in [5.41, 5.74) is 5.11. The molecule has 7 N–H and O–H groups in total. The first-order valence-electron chi connectivity index (χ1n) is 3.24. The molecule has 0 aliphatic heterocycles. The highest BCUT2D eigenvalue weighted by atomic mass is 16.4. The molecule has 0 aromatic heterocycles. The lowest BCUT2D eigenvalue weighted by molar-refractivity contribution is -0.140. The van der Waals surface area contributed by atoms with Gasteiger partial charge in [0.15, 0.2) is 0 Å². The third-order valence-electron chi connectivity index (χ3n) is 1.22. The van der Waals surface area contributed by atoms with Gasteiger partial charge in [0.25, 0.3) is 0 Å². The van der Waals surface area contributed by atoms with Crippen molar-refractivity contribution < 1.29 is 19.8 Å². The fraction of sp³-hybridized carbons (Fsp3) is 0.667. The van der Waals surface area contributed by atoms with Gasteiger partial charge in [0.1, 0.15) is 6.04 Å². The molecule has 0 aliphatic rings. The van der Waals surface area contributed by atoms with Crippen LogP contribution in [0, 0.1) is 0 Å². The Morgan fingerprint density at radius 2 is 1.83 bits per heavy atom. The minimum atomic E-state index is -1.09. The maximum atomic E-state index is 10.1. The summed E-state index contributed by atoms with van der Waals surface area (Å²) in [6.07, 6.45) is 0.491. The van der Waals surface area contributed by atoms with Crippen LogP contribution in [-0.2, 0) is 9.59 Å². The molecule has 0 aromatic rings. The third kappa shape index (κ3) is 6.97. The number of carboxylic acid groups (broad SMARTS) is 2. The minimum Gasteiger partial charge on any atom is -0.481 e. The van der Waals surface area contributed by atoms with Crippen LogP contribution in [0.1, 0.15) is 19.3 Å². The Labute approximate surface area is 70.0 Å². The summed E-state index contributed by atoms with van der Waals surface area (Å²) in [5, 5.41) is 16.5. The second-order valence-electron chi connectivity index (χ2n) is 2.23. The van der Waals surface area contributed by atoms with Gasteiger partial charge in [-0.2, -0.15) is 0 Å². The van der Waals surface area contributed by atoms with E-state index >= 15 is 0 Å².